The maximum Gasteiger partial charge on any atom is 0.0441 e. The highest BCUT2D eigenvalue weighted by molar-refractivity contribution is 7.92. The predicted octanol–water partition coefficient (Wildman–Crippen LogP) is 2.24. The monoisotopic (exact) mass is 175 g/mol. The Morgan fingerprint density at radius 3 is 2.45 bits per heavy atom. The first-order chi connectivity index (χ1) is 5.00. The van der Waals surface area contributed by atoms with Crippen LogP contribution in [0.2, 0.25) is 0 Å². The minimum Gasteiger partial charge on any atom is -0.253 e. The summed E-state index contributed by atoms with van der Waals surface area (Å²) in [6.45, 7) is 2.19. The molecule has 0 heterocycles. The fourth-order valence-electron chi connectivity index (χ4n) is 1.79. The highest BCUT2D eigenvalue weighted by Gasteiger charge is 2.23. The van der Waals surface area contributed by atoms with Crippen LogP contribution in [0.3, 0.4) is 0 Å². The molecule has 3 unspecified atom stereocenters. The summed E-state index contributed by atoms with van der Waals surface area (Å²) in [4.78, 5) is 0. The van der Waals surface area contributed by atoms with E-state index in [0.29, 0.717) is 5.92 Å². The molecule has 2 nitrogen and oxygen atoms in total. The largest absolute Gasteiger partial charge is 0.253 e. The molecule has 0 aromatic rings. The first-order valence-corrected chi connectivity index (χ1v) is 6.25. The highest BCUT2D eigenvalue weighted by Crippen LogP contribution is 2.27. The van der Waals surface area contributed by atoms with Gasteiger partial charge in [-0.3, -0.25) is 4.78 Å². The maximum absolute atomic E-state index is 11.4. The fraction of sp³-hybridized carbons (Fsp3) is 1.00. The molecule has 0 amide bonds. The average Bonchev–Trinajstić information content (AvgIpc) is 1.86. The van der Waals surface area contributed by atoms with Gasteiger partial charge in [-0.15, -0.1) is 0 Å². The van der Waals surface area contributed by atoms with Crippen molar-refractivity contribution >= 4 is 9.73 Å². The first-order valence-electron chi connectivity index (χ1n) is 4.23. The summed E-state index contributed by atoms with van der Waals surface area (Å²) in [5.74, 6) is 0.680. The average molecular weight is 175 g/mol. The quantitative estimate of drug-likeness (QED) is 0.652. The van der Waals surface area contributed by atoms with Crippen LogP contribution in [0, 0.1) is 10.7 Å². The van der Waals surface area contributed by atoms with E-state index in [4.69, 9.17) is 4.78 Å². The van der Waals surface area contributed by atoms with Crippen LogP contribution in [0.15, 0.2) is 0 Å². The highest BCUT2D eigenvalue weighted by atomic mass is 32.2. The molecule has 1 fully saturated rings. The molecule has 1 aliphatic carbocycles. The second kappa shape index (κ2) is 3.13. The van der Waals surface area contributed by atoms with Gasteiger partial charge in [-0.2, -0.15) is 0 Å². The lowest BCUT2D eigenvalue weighted by molar-refractivity contribution is 0.388. The van der Waals surface area contributed by atoms with Crippen LogP contribution in [0.1, 0.15) is 32.6 Å². The predicted molar refractivity (Wildman–Crippen MR) is 48.2 cm³/mol. The molecule has 3 heteroatoms. The van der Waals surface area contributed by atoms with Crippen LogP contribution in [-0.2, 0) is 9.73 Å². The number of nitrogens with one attached hydrogen (secondary N) is 1. The summed E-state index contributed by atoms with van der Waals surface area (Å²) in [6, 6.07) is 0. The molecule has 0 bridgehead atoms. The third-order valence-electron chi connectivity index (χ3n) is 2.52. The Bertz CT molecular complexity index is 220. The van der Waals surface area contributed by atoms with Gasteiger partial charge in [-0.1, -0.05) is 19.8 Å². The lowest BCUT2D eigenvalue weighted by Crippen LogP contribution is -2.25. The Morgan fingerprint density at radius 2 is 2.09 bits per heavy atom. The summed E-state index contributed by atoms with van der Waals surface area (Å²) in [6.07, 6.45) is 6.00. The Balaban J connectivity index is 2.60. The van der Waals surface area contributed by atoms with E-state index < -0.39 is 9.73 Å². The topological polar surface area (TPSA) is 40.9 Å². The maximum atomic E-state index is 11.4. The van der Waals surface area contributed by atoms with Crippen molar-refractivity contribution in [2.24, 2.45) is 5.92 Å². The van der Waals surface area contributed by atoms with Crippen LogP contribution < -0.4 is 0 Å². The molecular weight excluding hydrogens is 158 g/mol. The minimum atomic E-state index is -2.26. The van der Waals surface area contributed by atoms with Crippen LogP contribution >= 0.6 is 0 Å². The van der Waals surface area contributed by atoms with Crippen LogP contribution in [-0.4, -0.2) is 15.7 Å². The molecular formula is C8H17NOS. The number of hydrogen-bond donors (Lipinski definition) is 1. The van der Waals surface area contributed by atoms with Crippen molar-refractivity contribution in [3.63, 3.8) is 0 Å². The van der Waals surface area contributed by atoms with Crippen LogP contribution in [0.25, 0.3) is 0 Å². The van der Waals surface area contributed by atoms with Crippen molar-refractivity contribution in [2.75, 3.05) is 6.26 Å². The van der Waals surface area contributed by atoms with Crippen molar-refractivity contribution in [2.45, 2.75) is 37.9 Å². The van der Waals surface area contributed by atoms with Crippen LogP contribution in [0.5, 0.6) is 0 Å². The SMILES string of the molecule is CC1CCCC(S(C)(=N)=O)C1. The molecule has 1 saturated carbocycles. The fourth-order valence-corrected chi connectivity index (χ4v) is 3.10. The van der Waals surface area contributed by atoms with Gasteiger partial charge >= 0.3 is 0 Å². The summed E-state index contributed by atoms with van der Waals surface area (Å²) in [5.41, 5.74) is 0. The molecule has 1 rings (SSSR count). The second-order valence-corrected chi connectivity index (χ2v) is 6.27. The van der Waals surface area contributed by atoms with Gasteiger partial charge in [0.15, 0.2) is 0 Å². The van der Waals surface area contributed by atoms with Gasteiger partial charge < -0.3 is 0 Å². The van der Waals surface area contributed by atoms with Crippen molar-refractivity contribution in [1.29, 1.82) is 4.78 Å². The van der Waals surface area contributed by atoms with E-state index in [1.807, 2.05) is 0 Å². The third-order valence-corrected chi connectivity index (χ3v) is 4.22. The Labute approximate surface area is 69.4 Å². The lowest BCUT2D eigenvalue weighted by atomic mass is 9.91. The zero-order valence-corrected chi connectivity index (χ0v) is 8.12. The standard InChI is InChI=1S/C8H17NOS/c1-7-4-3-5-8(6-7)11(2,9)10/h7-9H,3-6H2,1-2H3. The van der Waals surface area contributed by atoms with Gasteiger partial charge in [0, 0.05) is 21.2 Å². The van der Waals surface area contributed by atoms with Crippen LogP contribution in [0.4, 0.5) is 0 Å². The molecule has 66 valence electrons. The third kappa shape index (κ3) is 2.47. The molecule has 1 aliphatic rings. The zero-order chi connectivity index (χ0) is 8.48. The first kappa shape index (κ1) is 9.04. The van der Waals surface area contributed by atoms with E-state index in [9.17, 15) is 4.21 Å². The van der Waals surface area contributed by atoms with E-state index in [2.05, 4.69) is 6.92 Å². The number of rotatable bonds is 1. The normalized spacial score (nSPS) is 38.0. The van der Waals surface area contributed by atoms with Gasteiger partial charge in [-0.25, -0.2) is 4.21 Å². The van der Waals surface area contributed by atoms with Gasteiger partial charge in [-0.05, 0) is 18.8 Å². The molecule has 0 aromatic heterocycles. The van der Waals surface area contributed by atoms with Crippen molar-refractivity contribution < 1.29 is 4.21 Å². The molecule has 11 heavy (non-hydrogen) atoms. The zero-order valence-electron chi connectivity index (χ0n) is 7.30. The van der Waals surface area contributed by atoms with E-state index in [1.54, 1.807) is 6.26 Å². The molecule has 0 aliphatic heterocycles. The minimum absolute atomic E-state index is 0.172. The Morgan fingerprint density at radius 1 is 1.45 bits per heavy atom. The molecule has 0 aromatic carbocycles. The Kier molecular flexibility index (Phi) is 2.58. The van der Waals surface area contributed by atoms with Crippen molar-refractivity contribution in [3.05, 3.63) is 0 Å². The second-order valence-electron chi connectivity index (χ2n) is 3.80. The smallest absolute Gasteiger partial charge is 0.0441 e. The Hall–Kier alpha value is -0.0500. The summed E-state index contributed by atoms with van der Waals surface area (Å²) in [7, 11) is -2.26. The van der Waals surface area contributed by atoms with Gasteiger partial charge in [0.25, 0.3) is 0 Å². The molecule has 3 atom stereocenters. The van der Waals surface area contributed by atoms with Crippen molar-refractivity contribution in [3.8, 4) is 0 Å². The number of hydrogen-bond acceptors (Lipinski definition) is 2. The summed E-state index contributed by atoms with van der Waals surface area (Å²) in [5, 5.41) is 0.172. The molecule has 1 N–H and O–H groups in total. The summed E-state index contributed by atoms with van der Waals surface area (Å²) < 4.78 is 18.8. The van der Waals surface area contributed by atoms with Crippen molar-refractivity contribution in [1.82, 2.24) is 0 Å². The van der Waals surface area contributed by atoms with E-state index in [-0.39, 0.29) is 5.25 Å². The molecule has 0 radical (unpaired) electrons. The molecule has 0 spiro atoms. The van der Waals surface area contributed by atoms with Gasteiger partial charge in [0.1, 0.15) is 0 Å². The lowest BCUT2D eigenvalue weighted by Gasteiger charge is -2.26. The van der Waals surface area contributed by atoms with E-state index >= 15 is 0 Å². The van der Waals surface area contributed by atoms with E-state index in [1.165, 1.54) is 6.42 Å². The van der Waals surface area contributed by atoms with E-state index in [0.717, 1.165) is 19.3 Å². The van der Waals surface area contributed by atoms with Gasteiger partial charge in [0.05, 0.1) is 0 Å². The summed E-state index contributed by atoms with van der Waals surface area (Å²) >= 11 is 0. The molecule has 0 saturated heterocycles. The van der Waals surface area contributed by atoms with Gasteiger partial charge in [0.2, 0.25) is 0 Å².